The number of carbonyl (C=O) groups excluding carboxylic acids is 2. The lowest BCUT2D eigenvalue weighted by molar-refractivity contribution is -0.139. The highest BCUT2D eigenvalue weighted by Crippen LogP contribution is 2.44. The standard InChI is InChI=1S/C25H23N3O6/c29-22-11-15(9-10-26-22)13-27-24(32)21(12-23(30)31)28-25(33)34-14-20-18-7-3-1-5-16(18)17-6-2-4-8-19(17)20/h1-11,20-21H,12-14H2,(H,26,29)(H,27,32)(H,28,33)(H,30,31). The van der Waals surface area contributed by atoms with Crippen molar-refractivity contribution in [3.8, 4) is 11.1 Å². The van der Waals surface area contributed by atoms with E-state index in [1.807, 2.05) is 48.5 Å². The Bertz CT molecular complexity index is 1240. The molecule has 1 atom stereocenters. The Morgan fingerprint density at radius 3 is 2.26 bits per heavy atom. The van der Waals surface area contributed by atoms with Crippen LogP contribution >= 0.6 is 0 Å². The molecule has 0 radical (unpaired) electrons. The first-order chi connectivity index (χ1) is 16.4. The van der Waals surface area contributed by atoms with Crippen LogP contribution in [0.15, 0.2) is 71.7 Å². The highest BCUT2D eigenvalue weighted by molar-refractivity contribution is 5.89. The third-order valence-electron chi connectivity index (χ3n) is 5.64. The predicted molar refractivity (Wildman–Crippen MR) is 123 cm³/mol. The molecule has 9 heteroatoms. The third-order valence-corrected chi connectivity index (χ3v) is 5.64. The SMILES string of the molecule is O=C(O)CC(NC(=O)OCC1c2ccccc2-c2ccccc21)C(=O)NCc1cc[nH]c(=O)c1. The Hall–Kier alpha value is -4.40. The number of hydrogen-bond donors (Lipinski definition) is 4. The van der Waals surface area contributed by atoms with Crippen LogP contribution in [0.5, 0.6) is 0 Å². The molecule has 0 spiro atoms. The topological polar surface area (TPSA) is 138 Å². The Morgan fingerprint density at radius 2 is 1.65 bits per heavy atom. The normalized spacial score (nSPS) is 12.8. The lowest BCUT2D eigenvalue weighted by atomic mass is 9.98. The molecule has 1 aliphatic rings. The molecule has 34 heavy (non-hydrogen) atoms. The second-order valence-electron chi connectivity index (χ2n) is 7.90. The van der Waals surface area contributed by atoms with Crippen molar-refractivity contribution in [3.63, 3.8) is 0 Å². The van der Waals surface area contributed by atoms with E-state index in [1.54, 1.807) is 6.07 Å². The summed E-state index contributed by atoms with van der Waals surface area (Å²) < 4.78 is 5.41. The molecule has 1 heterocycles. The van der Waals surface area contributed by atoms with Crippen LogP contribution in [-0.4, -0.2) is 40.7 Å². The zero-order valence-electron chi connectivity index (χ0n) is 18.1. The number of aromatic nitrogens is 1. The molecule has 174 valence electrons. The Kier molecular flexibility index (Phi) is 6.72. The van der Waals surface area contributed by atoms with Gasteiger partial charge in [0.2, 0.25) is 11.5 Å². The number of pyridine rings is 1. The Morgan fingerprint density at radius 1 is 1.00 bits per heavy atom. The number of carboxylic acid groups (broad SMARTS) is 1. The largest absolute Gasteiger partial charge is 0.481 e. The average molecular weight is 461 g/mol. The van der Waals surface area contributed by atoms with Gasteiger partial charge in [-0.1, -0.05) is 48.5 Å². The minimum atomic E-state index is -1.34. The number of aromatic amines is 1. The minimum absolute atomic E-state index is 0.00520. The first kappa shape index (κ1) is 22.8. The van der Waals surface area contributed by atoms with Gasteiger partial charge in [0.15, 0.2) is 0 Å². The van der Waals surface area contributed by atoms with Gasteiger partial charge in [-0.3, -0.25) is 14.4 Å². The van der Waals surface area contributed by atoms with Crippen molar-refractivity contribution in [1.82, 2.24) is 15.6 Å². The van der Waals surface area contributed by atoms with Crippen LogP contribution in [0.3, 0.4) is 0 Å². The molecule has 0 bridgehead atoms. The van der Waals surface area contributed by atoms with Gasteiger partial charge < -0.3 is 25.5 Å². The maximum Gasteiger partial charge on any atom is 0.407 e. The van der Waals surface area contributed by atoms with Crippen LogP contribution in [0, 0.1) is 0 Å². The molecule has 1 aromatic heterocycles. The lowest BCUT2D eigenvalue weighted by Gasteiger charge is -2.18. The molecular formula is C25H23N3O6. The lowest BCUT2D eigenvalue weighted by Crippen LogP contribution is -2.48. The van der Waals surface area contributed by atoms with Crippen LogP contribution in [-0.2, 0) is 20.9 Å². The molecule has 0 fully saturated rings. The number of H-pyrrole nitrogens is 1. The van der Waals surface area contributed by atoms with Crippen LogP contribution in [0.1, 0.15) is 29.0 Å². The zero-order chi connectivity index (χ0) is 24.1. The number of carbonyl (C=O) groups is 3. The number of alkyl carbamates (subject to hydrolysis) is 1. The minimum Gasteiger partial charge on any atom is -0.481 e. The quantitative estimate of drug-likeness (QED) is 0.406. The number of amides is 2. The number of aliphatic carboxylic acids is 1. The van der Waals surface area contributed by atoms with Gasteiger partial charge in [0.25, 0.3) is 0 Å². The summed E-state index contributed by atoms with van der Waals surface area (Å²) in [6, 6.07) is 17.3. The number of ether oxygens (including phenoxy) is 1. The smallest absolute Gasteiger partial charge is 0.407 e. The number of rotatable bonds is 8. The molecule has 0 saturated heterocycles. The molecule has 4 rings (SSSR count). The van der Waals surface area contributed by atoms with E-state index in [0.29, 0.717) is 5.56 Å². The monoisotopic (exact) mass is 461 g/mol. The van der Waals surface area contributed by atoms with Crippen molar-refractivity contribution in [2.75, 3.05) is 6.61 Å². The molecule has 3 aromatic rings. The summed E-state index contributed by atoms with van der Waals surface area (Å²) in [5.41, 5.74) is 4.44. The zero-order valence-corrected chi connectivity index (χ0v) is 18.1. The van der Waals surface area contributed by atoms with E-state index in [1.165, 1.54) is 12.3 Å². The molecule has 9 nitrogen and oxygen atoms in total. The molecule has 1 unspecified atom stereocenters. The van der Waals surface area contributed by atoms with E-state index >= 15 is 0 Å². The fraction of sp³-hybridized carbons (Fsp3) is 0.200. The van der Waals surface area contributed by atoms with Gasteiger partial charge in [-0.05, 0) is 33.9 Å². The molecule has 1 aliphatic carbocycles. The Balaban J connectivity index is 1.39. The second kappa shape index (κ2) is 10.0. The van der Waals surface area contributed by atoms with Gasteiger partial charge in [-0.2, -0.15) is 0 Å². The number of benzene rings is 2. The molecule has 2 amide bonds. The summed E-state index contributed by atoms with van der Waals surface area (Å²) in [4.78, 5) is 50.1. The summed E-state index contributed by atoms with van der Waals surface area (Å²) in [6.07, 6.45) is -0.0711. The van der Waals surface area contributed by atoms with E-state index in [0.717, 1.165) is 22.3 Å². The van der Waals surface area contributed by atoms with Crippen LogP contribution < -0.4 is 16.2 Å². The summed E-state index contributed by atoms with van der Waals surface area (Å²) >= 11 is 0. The molecule has 2 aromatic carbocycles. The number of hydrogen-bond acceptors (Lipinski definition) is 5. The first-order valence-electron chi connectivity index (χ1n) is 10.7. The van der Waals surface area contributed by atoms with E-state index in [-0.39, 0.29) is 24.6 Å². The second-order valence-corrected chi connectivity index (χ2v) is 7.90. The fourth-order valence-corrected chi connectivity index (χ4v) is 4.08. The summed E-state index contributed by atoms with van der Waals surface area (Å²) in [5.74, 6) is -2.12. The van der Waals surface area contributed by atoms with Gasteiger partial charge >= 0.3 is 12.1 Å². The van der Waals surface area contributed by atoms with Crippen molar-refractivity contribution >= 4 is 18.0 Å². The van der Waals surface area contributed by atoms with Gasteiger partial charge in [-0.15, -0.1) is 0 Å². The number of nitrogens with one attached hydrogen (secondary N) is 3. The summed E-state index contributed by atoms with van der Waals surface area (Å²) in [6.45, 7) is 0.0410. The predicted octanol–water partition coefficient (Wildman–Crippen LogP) is 2.37. The van der Waals surface area contributed by atoms with Crippen LogP contribution in [0.25, 0.3) is 11.1 Å². The van der Waals surface area contributed by atoms with E-state index in [4.69, 9.17) is 4.74 Å². The summed E-state index contributed by atoms with van der Waals surface area (Å²) in [7, 11) is 0. The Labute approximate surface area is 194 Å². The fourth-order valence-electron chi connectivity index (χ4n) is 4.08. The van der Waals surface area contributed by atoms with Crippen LogP contribution in [0.4, 0.5) is 4.79 Å². The highest BCUT2D eigenvalue weighted by atomic mass is 16.5. The average Bonchev–Trinajstić information content (AvgIpc) is 3.14. The molecule has 0 aliphatic heterocycles. The van der Waals surface area contributed by atoms with Gasteiger partial charge in [0, 0.05) is 24.7 Å². The third kappa shape index (κ3) is 5.15. The van der Waals surface area contributed by atoms with Crippen molar-refractivity contribution in [2.24, 2.45) is 0 Å². The maximum absolute atomic E-state index is 12.5. The summed E-state index contributed by atoms with van der Waals surface area (Å²) in [5, 5.41) is 14.1. The van der Waals surface area contributed by atoms with Gasteiger partial charge in [-0.25, -0.2) is 4.79 Å². The van der Waals surface area contributed by atoms with Gasteiger partial charge in [0.05, 0.1) is 6.42 Å². The van der Waals surface area contributed by atoms with E-state index in [2.05, 4.69) is 15.6 Å². The first-order valence-corrected chi connectivity index (χ1v) is 10.7. The molecule has 0 saturated carbocycles. The van der Waals surface area contributed by atoms with E-state index < -0.39 is 30.4 Å². The van der Waals surface area contributed by atoms with E-state index in [9.17, 15) is 24.3 Å². The molecule has 4 N–H and O–H groups in total. The maximum atomic E-state index is 12.5. The molecular weight excluding hydrogens is 438 g/mol. The van der Waals surface area contributed by atoms with Gasteiger partial charge in [0.1, 0.15) is 12.6 Å². The van der Waals surface area contributed by atoms with Crippen molar-refractivity contribution < 1.29 is 24.2 Å². The number of fused-ring (bicyclic) bond motifs is 3. The van der Waals surface area contributed by atoms with Crippen molar-refractivity contribution in [3.05, 3.63) is 93.9 Å². The number of carboxylic acids is 1. The highest BCUT2D eigenvalue weighted by Gasteiger charge is 2.30. The van der Waals surface area contributed by atoms with Crippen molar-refractivity contribution in [1.29, 1.82) is 0 Å². The van der Waals surface area contributed by atoms with Crippen molar-refractivity contribution in [2.45, 2.75) is 24.9 Å². The van der Waals surface area contributed by atoms with Crippen LogP contribution in [0.2, 0.25) is 0 Å².